The van der Waals surface area contributed by atoms with Crippen LogP contribution in [-0.2, 0) is 26.2 Å². The van der Waals surface area contributed by atoms with Crippen LogP contribution in [0.1, 0.15) is 32.8 Å². The Hall–Kier alpha value is -2.98. The summed E-state index contributed by atoms with van der Waals surface area (Å²) in [6.45, 7) is 4.98. The summed E-state index contributed by atoms with van der Waals surface area (Å²) < 4.78 is 36.9. The van der Waals surface area contributed by atoms with E-state index in [1.165, 1.54) is 31.3 Å². The van der Waals surface area contributed by atoms with Crippen molar-refractivity contribution in [3.8, 4) is 11.5 Å². The van der Waals surface area contributed by atoms with Crippen molar-refractivity contribution >= 4 is 39.1 Å². The number of nitrogens with one attached hydrogen (secondary N) is 1. The van der Waals surface area contributed by atoms with E-state index < -0.39 is 28.5 Å². The van der Waals surface area contributed by atoms with Gasteiger partial charge in [-0.1, -0.05) is 30.7 Å². The molecule has 0 spiro atoms. The molecule has 9 nitrogen and oxygen atoms in total. The SMILES string of the molecule is CC[C@H](C)NC(=O)[C@H](C)N(Cc1cccc(Cl)c1)C(=O)CN(c1ccc(OC)c(OC)c1)S(C)(=O)=O. The zero-order chi connectivity index (χ0) is 27.0. The Bertz CT molecular complexity index is 1170. The fraction of sp³-hybridized carbons (Fsp3) is 0.440. The third kappa shape index (κ3) is 7.76. The summed E-state index contributed by atoms with van der Waals surface area (Å²) in [6.07, 6.45) is 1.74. The molecule has 0 aromatic heterocycles. The maximum absolute atomic E-state index is 13.6. The monoisotopic (exact) mass is 539 g/mol. The molecule has 2 aromatic rings. The third-order valence-corrected chi connectivity index (χ3v) is 7.12. The summed E-state index contributed by atoms with van der Waals surface area (Å²) in [7, 11) is -0.972. The summed E-state index contributed by atoms with van der Waals surface area (Å²) in [4.78, 5) is 27.9. The second-order valence-electron chi connectivity index (χ2n) is 8.45. The number of sulfonamides is 1. The number of carbonyl (C=O) groups excluding carboxylic acids is 2. The Morgan fingerprint density at radius 2 is 1.72 bits per heavy atom. The van der Waals surface area contributed by atoms with Gasteiger partial charge in [-0.25, -0.2) is 8.42 Å². The number of hydrogen-bond donors (Lipinski definition) is 1. The van der Waals surface area contributed by atoms with Gasteiger partial charge in [0.05, 0.1) is 26.2 Å². The van der Waals surface area contributed by atoms with Gasteiger partial charge in [0.1, 0.15) is 12.6 Å². The van der Waals surface area contributed by atoms with E-state index in [4.69, 9.17) is 21.1 Å². The van der Waals surface area contributed by atoms with Gasteiger partial charge in [-0.15, -0.1) is 0 Å². The number of rotatable bonds is 12. The molecule has 11 heteroatoms. The highest BCUT2D eigenvalue weighted by molar-refractivity contribution is 7.92. The van der Waals surface area contributed by atoms with Crippen LogP contribution in [0.15, 0.2) is 42.5 Å². The van der Waals surface area contributed by atoms with E-state index in [2.05, 4.69) is 5.32 Å². The lowest BCUT2D eigenvalue weighted by atomic mass is 10.1. The average molecular weight is 540 g/mol. The van der Waals surface area contributed by atoms with Gasteiger partial charge in [0, 0.05) is 23.7 Å². The lowest BCUT2D eigenvalue weighted by Crippen LogP contribution is -2.52. The largest absolute Gasteiger partial charge is 0.493 e. The van der Waals surface area contributed by atoms with Gasteiger partial charge in [0.25, 0.3) is 0 Å². The summed E-state index contributed by atoms with van der Waals surface area (Å²) in [5.74, 6) is -0.161. The minimum atomic E-state index is -3.87. The molecule has 0 saturated heterocycles. The van der Waals surface area contributed by atoms with Gasteiger partial charge in [-0.05, 0) is 50.1 Å². The van der Waals surface area contributed by atoms with E-state index in [0.717, 1.165) is 17.0 Å². The zero-order valence-corrected chi connectivity index (χ0v) is 23.0. The summed E-state index contributed by atoms with van der Waals surface area (Å²) in [5.41, 5.74) is 0.930. The van der Waals surface area contributed by atoms with Crippen LogP contribution in [0.25, 0.3) is 0 Å². The van der Waals surface area contributed by atoms with Gasteiger partial charge >= 0.3 is 0 Å². The number of benzene rings is 2. The molecule has 0 fully saturated rings. The molecule has 1 N–H and O–H groups in total. The number of hydrogen-bond acceptors (Lipinski definition) is 6. The Morgan fingerprint density at radius 3 is 2.28 bits per heavy atom. The van der Waals surface area contributed by atoms with Gasteiger partial charge in [-0.2, -0.15) is 0 Å². The number of nitrogens with zero attached hydrogens (tertiary/aromatic N) is 2. The first-order valence-electron chi connectivity index (χ1n) is 11.4. The second kappa shape index (κ2) is 12.8. The standard InChI is InChI=1S/C25H34ClN3O6S/c1-7-17(2)27-25(31)18(3)28(15-19-9-8-10-20(26)13-19)24(30)16-29(36(6,32)33)21-11-12-22(34-4)23(14-21)35-5/h8-14,17-18H,7,15-16H2,1-6H3,(H,27,31)/t17-,18-/m0/s1. The van der Waals surface area contributed by atoms with Crippen LogP contribution in [0.5, 0.6) is 11.5 Å². The van der Waals surface area contributed by atoms with E-state index in [9.17, 15) is 18.0 Å². The van der Waals surface area contributed by atoms with E-state index in [-0.39, 0.29) is 24.2 Å². The van der Waals surface area contributed by atoms with Crippen LogP contribution in [0.2, 0.25) is 5.02 Å². The normalized spacial score (nSPS) is 12.9. The smallest absolute Gasteiger partial charge is 0.244 e. The fourth-order valence-electron chi connectivity index (χ4n) is 3.47. The van der Waals surface area contributed by atoms with Crippen molar-refractivity contribution in [1.82, 2.24) is 10.2 Å². The van der Waals surface area contributed by atoms with Crippen molar-refractivity contribution in [2.75, 3.05) is 31.3 Å². The second-order valence-corrected chi connectivity index (χ2v) is 10.8. The first-order chi connectivity index (χ1) is 16.9. The molecule has 0 bridgehead atoms. The Balaban J connectivity index is 2.44. The predicted octanol–water partition coefficient (Wildman–Crippen LogP) is 3.46. The van der Waals surface area contributed by atoms with Crippen molar-refractivity contribution in [3.05, 3.63) is 53.1 Å². The highest BCUT2D eigenvalue weighted by Crippen LogP contribution is 2.32. The molecule has 0 unspecified atom stereocenters. The van der Waals surface area contributed by atoms with E-state index >= 15 is 0 Å². The van der Waals surface area contributed by atoms with Crippen molar-refractivity contribution in [2.45, 2.75) is 45.8 Å². The Morgan fingerprint density at radius 1 is 1.06 bits per heavy atom. The lowest BCUT2D eigenvalue weighted by molar-refractivity contribution is -0.139. The molecule has 36 heavy (non-hydrogen) atoms. The summed E-state index contributed by atoms with van der Waals surface area (Å²) >= 11 is 6.12. The maximum atomic E-state index is 13.6. The minimum Gasteiger partial charge on any atom is -0.493 e. The number of halogens is 1. The molecule has 2 aromatic carbocycles. The molecule has 198 valence electrons. The maximum Gasteiger partial charge on any atom is 0.244 e. The minimum absolute atomic E-state index is 0.0675. The molecule has 0 radical (unpaired) electrons. The molecule has 0 aliphatic rings. The van der Waals surface area contributed by atoms with E-state index in [1.54, 1.807) is 37.3 Å². The highest BCUT2D eigenvalue weighted by atomic mass is 35.5. The molecule has 0 heterocycles. The number of amides is 2. The van der Waals surface area contributed by atoms with Crippen LogP contribution in [0.3, 0.4) is 0 Å². The molecule has 0 saturated carbocycles. The highest BCUT2D eigenvalue weighted by Gasteiger charge is 2.30. The van der Waals surface area contributed by atoms with Crippen molar-refractivity contribution in [1.29, 1.82) is 0 Å². The van der Waals surface area contributed by atoms with Crippen molar-refractivity contribution < 1.29 is 27.5 Å². The van der Waals surface area contributed by atoms with Crippen LogP contribution in [0, 0.1) is 0 Å². The average Bonchev–Trinajstić information content (AvgIpc) is 2.83. The van der Waals surface area contributed by atoms with Gasteiger partial charge in [0.15, 0.2) is 11.5 Å². The van der Waals surface area contributed by atoms with Crippen molar-refractivity contribution in [2.24, 2.45) is 0 Å². The van der Waals surface area contributed by atoms with E-state index in [1.807, 2.05) is 13.8 Å². The van der Waals surface area contributed by atoms with Gasteiger partial charge < -0.3 is 19.7 Å². The van der Waals surface area contributed by atoms with E-state index in [0.29, 0.717) is 22.1 Å². The summed E-state index contributed by atoms with van der Waals surface area (Å²) in [5, 5.41) is 3.37. The fourth-order valence-corrected chi connectivity index (χ4v) is 4.53. The van der Waals surface area contributed by atoms with Crippen molar-refractivity contribution in [3.63, 3.8) is 0 Å². The number of carbonyl (C=O) groups is 2. The quantitative estimate of drug-likeness (QED) is 0.443. The van der Waals surface area contributed by atoms with Crippen LogP contribution < -0.4 is 19.1 Å². The van der Waals surface area contributed by atoms with Crippen LogP contribution >= 0.6 is 11.6 Å². The molecule has 0 aliphatic heterocycles. The molecule has 2 rings (SSSR count). The van der Waals surface area contributed by atoms with Gasteiger partial charge in [0.2, 0.25) is 21.8 Å². The molecular formula is C25H34ClN3O6S. The Kier molecular flexibility index (Phi) is 10.4. The first kappa shape index (κ1) is 29.3. The molecule has 0 aliphatic carbocycles. The third-order valence-electron chi connectivity index (χ3n) is 5.74. The van der Waals surface area contributed by atoms with Gasteiger partial charge in [-0.3, -0.25) is 13.9 Å². The molecule has 2 amide bonds. The number of methoxy groups -OCH3 is 2. The number of ether oxygens (including phenoxy) is 2. The molecular weight excluding hydrogens is 506 g/mol. The Labute approximate surface area is 218 Å². The molecule has 2 atom stereocenters. The van der Waals surface area contributed by atoms with Crippen LogP contribution in [-0.4, -0.2) is 64.2 Å². The topological polar surface area (TPSA) is 105 Å². The number of anilines is 1. The predicted molar refractivity (Wildman–Crippen MR) is 141 cm³/mol. The zero-order valence-electron chi connectivity index (χ0n) is 21.4. The first-order valence-corrected chi connectivity index (χ1v) is 13.7. The lowest BCUT2D eigenvalue weighted by Gasteiger charge is -2.32. The van der Waals surface area contributed by atoms with Crippen LogP contribution in [0.4, 0.5) is 5.69 Å². The summed E-state index contributed by atoms with van der Waals surface area (Å²) in [6, 6.07) is 10.6.